The van der Waals surface area contributed by atoms with Crippen LogP contribution in [0.5, 0.6) is 5.19 Å². The molecule has 0 unspecified atom stereocenters. The van der Waals surface area contributed by atoms with Gasteiger partial charge < -0.3 is 20.3 Å². The number of piperidine rings is 1. The smallest absolute Gasteiger partial charge is 0.296 e. The summed E-state index contributed by atoms with van der Waals surface area (Å²) in [5.74, 6) is 0.0366. The molecule has 0 spiro atoms. The van der Waals surface area contributed by atoms with Gasteiger partial charge >= 0.3 is 0 Å². The van der Waals surface area contributed by atoms with E-state index in [4.69, 9.17) is 4.74 Å². The molecule has 2 fully saturated rings. The average Bonchev–Trinajstić information content (AvgIpc) is 3.43. The van der Waals surface area contributed by atoms with Crippen LogP contribution in [-0.2, 0) is 16.0 Å². The molecule has 1 saturated carbocycles. The molecule has 12 heteroatoms. The molecule has 3 heterocycles. The van der Waals surface area contributed by atoms with Gasteiger partial charge in [0.25, 0.3) is 5.19 Å². The zero-order valence-corrected chi connectivity index (χ0v) is 20.1. The van der Waals surface area contributed by atoms with Crippen molar-refractivity contribution in [3.63, 3.8) is 0 Å². The Hall–Kier alpha value is -3.12. The number of aromatic nitrogens is 4. The van der Waals surface area contributed by atoms with Crippen LogP contribution in [0.15, 0.2) is 30.3 Å². The van der Waals surface area contributed by atoms with E-state index in [1.807, 2.05) is 30.3 Å². The van der Waals surface area contributed by atoms with Crippen LogP contribution in [0.3, 0.4) is 0 Å². The molecule has 1 aliphatic heterocycles. The van der Waals surface area contributed by atoms with E-state index in [1.54, 1.807) is 0 Å². The van der Waals surface area contributed by atoms with E-state index in [0.717, 1.165) is 55.9 Å². The van der Waals surface area contributed by atoms with Crippen molar-refractivity contribution in [3.05, 3.63) is 35.9 Å². The van der Waals surface area contributed by atoms with Gasteiger partial charge in [0.2, 0.25) is 27.2 Å². The summed E-state index contributed by atoms with van der Waals surface area (Å²) < 4.78 is 6.00. The maximum absolute atomic E-state index is 12.2. The molecule has 0 radical (unpaired) electrons. The number of anilines is 3. The zero-order valence-electron chi connectivity index (χ0n) is 18.5. The minimum Gasteiger partial charge on any atom is -0.465 e. The van der Waals surface area contributed by atoms with Crippen LogP contribution in [0.1, 0.15) is 37.7 Å². The lowest BCUT2D eigenvalue weighted by Gasteiger charge is -2.30. The fraction of sp³-hybridized carbons (Fsp3) is 0.455. The number of rotatable bonds is 8. The second-order valence-electron chi connectivity index (χ2n) is 8.39. The monoisotopic (exact) mass is 499 g/mol. The maximum atomic E-state index is 12.2. The first-order valence-corrected chi connectivity index (χ1v) is 13.0. The summed E-state index contributed by atoms with van der Waals surface area (Å²) in [4.78, 5) is 26.5. The van der Waals surface area contributed by atoms with Crippen LogP contribution in [0, 0.1) is 5.92 Å². The largest absolute Gasteiger partial charge is 0.465 e. The molecular formula is C22H25N7O3S2. The van der Waals surface area contributed by atoms with E-state index in [2.05, 4.69) is 35.9 Å². The lowest BCUT2D eigenvalue weighted by atomic mass is 9.85. The van der Waals surface area contributed by atoms with E-state index in [9.17, 15) is 9.59 Å². The molecule has 1 aliphatic carbocycles. The maximum Gasteiger partial charge on any atom is 0.296 e. The Balaban J connectivity index is 1.06. The first kappa shape index (κ1) is 22.7. The molecule has 34 heavy (non-hydrogen) atoms. The highest BCUT2D eigenvalue weighted by Gasteiger charge is 2.27. The lowest BCUT2D eigenvalue weighted by molar-refractivity contribution is -0.122. The number of hydrogen-bond acceptors (Lipinski definition) is 10. The summed E-state index contributed by atoms with van der Waals surface area (Å²) in [5.41, 5.74) is 0.941. The highest BCUT2D eigenvalue weighted by molar-refractivity contribution is 7.19. The molecule has 2 N–H and O–H groups in total. The van der Waals surface area contributed by atoms with Crippen LogP contribution >= 0.6 is 22.7 Å². The Morgan fingerprint density at radius 3 is 2.41 bits per heavy atom. The van der Waals surface area contributed by atoms with Crippen molar-refractivity contribution in [1.82, 2.24) is 20.4 Å². The quantitative estimate of drug-likeness (QED) is 0.484. The second-order valence-corrected chi connectivity index (χ2v) is 10.3. The molecule has 2 amide bonds. The third kappa shape index (κ3) is 5.68. The van der Waals surface area contributed by atoms with E-state index >= 15 is 0 Å². The highest BCUT2D eigenvalue weighted by atomic mass is 32.1. The summed E-state index contributed by atoms with van der Waals surface area (Å²) in [6.07, 6.45) is 4.95. The van der Waals surface area contributed by atoms with Crippen LogP contribution in [0.25, 0.3) is 0 Å². The van der Waals surface area contributed by atoms with Gasteiger partial charge in [0.1, 0.15) is 6.10 Å². The number of nitrogens with one attached hydrogen (secondary N) is 2. The van der Waals surface area contributed by atoms with E-state index in [-0.39, 0.29) is 30.3 Å². The van der Waals surface area contributed by atoms with Gasteiger partial charge in [0.15, 0.2) is 0 Å². The molecule has 0 atom stereocenters. The molecule has 0 bridgehead atoms. The van der Waals surface area contributed by atoms with Gasteiger partial charge in [0, 0.05) is 31.8 Å². The Kier molecular flexibility index (Phi) is 6.95. The number of benzene rings is 1. The van der Waals surface area contributed by atoms with Crippen molar-refractivity contribution >= 4 is 49.9 Å². The van der Waals surface area contributed by atoms with Crippen molar-refractivity contribution in [2.24, 2.45) is 5.92 Å². The van der Waals surface area contributed by atoms with Crippen LogP contribution in [0.4, 0.5) is 15.4 Å². The molecule has 5 rings (SSSR count). The Morgan fingerprint density at radius 2 is 1.68 bits per heavy atom. The highest BCUT2D eigenvalue weighted by Crippen LogP contribution is 2.31. The summed E-state index contributed by atoms with van der Waals surface area (Å²) in [7, 11) is 0. The summed E-state index contributed by atoms with van der Waals surface area (Å²) >= 11 is 2.63. The molecule has 2 aliphatic rings. The number of amides is 2. The minimum atomic E-state index is -0.137. The standard InChI is InChI=1S/C22H25N7O3S2/c30-17(13-14-5-2-1-3-6-14)23-19-26-28-22(34-19)32-16-9-11-29(12-10-16)21-27-25-20(33-21)24-18(31)15-7-4-8-15/h1-3,5-6,15-16H,4,7-13H2,(H,23,26,30)(H,24,25,31). The first-order valence-electron chi connectivity index (χ1n) is 11.4. The minimum absolute atomic E-state index is 0.0165. The van der Waals surface area contributed by atoms with Gasteiger partial charge in [-0.2, -0.15) is 0 Å². The molecule has 2 aromatic heterocycles. The third-order valence-corrected chi connectivity index (χ3v) is 7.59. The predicted octanol–water partition coefficient (Wildman–Crippen LogP) is 3.36. The van der Waals surface area contributed by atoms with Crippen molar-refractivity contribution < 1.29 is 14.3 Å². The number of carbonyl (C=O) groups excluding carboxylic acids is 2. The van der Waals surface area contributed by atoms with Crippen LogP contribution in [0.2, 0.25) is 0 Å². The fourth-order valence-electron chi connectivity index (χ4n) is 3.83. The van der Waals surface area contributed by atoms with Gasteiger partial charge in [-0.3, -0.25) is 9.59 Å². The van der Waals surface area contributed by atoms with Crippen molar-refractivity contribution in [3.8, 4) is 5.19 Å². The SMILES string of the molecule is O=C(Cc1ccccc1)Nc1nnc(OC2CCN(c3nnc(NC(=O)C4CCC4)s3)CC2)s1. The van der Waals surface area contributed by atoms with Gasteiger partial charge in [-0.1, -0.05) is 53.2 Å². The van der Waals surface area contributed by atoms with E-state index in [0.29, 0.717) is 15.5 Å². The molecule has 10 nitrogen and oxygen atoms in total. The lowest BCUT2D eigenvalue weighted by Crippen LogP contribution is -2.38. The van der Waals surface area contributed by atoms with Gasteiger partial charge in [-0.15, -0.1) is 15.3 Å². The van der Waals surface area contributed by atoms with Crippen molar-refractivity contribution in [2.75, 3.05) is 28.6 Å². The number of nitrogens with zero attached hydrogens (tertiary/aromatic N) is 5. The van der Waals surface area contributed by atoms with Crippen LogP contribution in [-0.4, -0.2) is 51.4 Å². The Morgan fingerprint density at radius 1 is 0.941 bits per heavy atom. The topological polar surface area (TPSA) is 122 Å². The van der Waals surface area contributed by atoms with Crippen molar-refractivity contribution in [2.45, 2.75) is 44.6 Å². The normalized spacial score (nSPS) is 16.6. The third-order valence-electron chi connectivity index (χ3n) is 5.96. The molecule has 178 valence electrons. The Bertz CT molecular complexity index is 1120. The summed E-state index contributed by atoms with van der Waals surface area (Å²) in [6, 6.07) is 9.55. The van der Waals surface area contributed by atoms with Crippen molar-refractivity contribution in [1.29, 1.82) is 0 Å². The van der Waals surface area contributed by atoms with E-state index < -0.39 is 0 Å². The van der Waals surface area contributed by atoms with Crippen LogP contribution < -0.4 is 20.3 Å². The zero-order chi connectivity index (χ0) is 23.3. The predicted molar refractivity (Wildman–Crippen MR) is 130 cm³/mol. The molecule has 1 aromatic carbocycles. The Labute approximate surface area is 204 Å². The molecule has 1 saturated heterocycles. The van der Waals surface area contributed by atoms with Gasteiger partial charge in [0.05, 0.1) is 6.42 Å². The van der Waals surface area contributed by atoms with E-state index in [1.165, 1.54) is 22.7 Å². The van der Waals surface area contributed by atoms with Gasteiger partial charge in [-0.05, 0) is 29.7 Å². The summed E-state index contributed by atoms with van der Waals surface area (Å²) in [6.45, 7) is 1.55. The number of ether oxygens (including phenoxy) is 1. The summed E-state index contributed by atoms with van der Waals surface area (Å²) in [5, 5.41) is 24.4. The fourth-order valence-corrected chi connectivity index (χ4v) is 5.31. The molecular weight excluding hydrogens is 474 g/mol. The number of carbonyl (C=O) groups is 2. The van der Waals surface area contributed by atoms with Gasteiger partial charge in [-0.25, -0.2) is 0 Å². The first-order chi connectivity index (χ1) is 16.6. The average molecular weight is 500 g/mol. The second kappa shape index (κ2) is 10.4. The number of hydrogen-bond donors (Lipinski definition) is 2. The molecule has 3 aromatic rings.